The molecule has 0 aliphatic carbocycles. The molecule has 1 amide bonds. The normalized spacial score (nSPS) is 16.7. The van der Waals surface area contributed by atoms with Crippen molar-refractivity contribution in [1.29, 1.82) is 0 Å². The van der Waals surface area contributed by atoms with Crippen molar-refractivity contribution < 1.29 is 9.32 Å². The van der Waals surface area contributed by atoms with Crippen molar-refractivity contribution in [2.75, 3.05) is 11.4 Å². The summed E-state index contributed by atoms with van der Waals surface area (Å²) in [6.07, 6.45) is 5.21. The lowest BCUT2D eigenvalue weighted by molar-refractivity contribution is 0.0977. The number of fused-ring (bicyclic) bond motifs is 1. The molecule has 0 radical (unpaired) electrons. The summed E-state index contributed by atoms with van der Waals surface area (Å²) in [4.78, 5) is 15.2. The van der Waals surface area contributed by atoms with Crippen molar-refractivity contribution in [3.8, 4) is 0 Å². The zero-order valence-corrected chi connectivity index (χ0v) is 14.3. The van der Waals surface area contributed by atoms with Crippen LogP contribution in [-0.2, 0) is 12.8 Å². The van der Waals surface area contributed by atoms with Gasteiger partial charge in [0.25, 0.3) is 5.91 Å². The largest absolute Gasteiger partial charge is 0.360 e. The molecular weight excluding hydrogens is 316 g/mol. The van der Waals surface area contributed by atoms with Gasteiger partial charge in [-0.2, -0.15) is 5.10 Å². The predicted molar refractivity (Wildman–Crippen MR) is 93.7 cm³/mol. The van der Waals surface area contributed by atoms with Crippen molar-refractivity contribution in [3.63, 3.8) is 0 Å². The van der Waals surface area contributed by atoms with Crippen LogP contribution in [0.5, 0.6) is 0 Å². The van der Waals surface area contributed by atoms with Gasteiger partial charge in [-0.3, -0.25) is 9.48 Å². The lowest BCUT2D eigenvalue weighted by atomic mass is 9.96. The van der Waals surface area contributed by atoms with Crippen molar-refractivity contribution >= 4 is 11.6 Å². The second kappa shape index (κ2) is 6.20. The first-order valence-corrected chi connectivity index (χ1v) is 8.53. The van der Waals surface area contributed by atoms with Gasteiger partial charge >= 0.3 is 0 Å². The number of aromatic nitrogens is 3. The first-order chi connectivity index (χ1) is 12.2. The predicted octanol–water partition coefficient (Wildman–Crippen LogP) is 3.19. The van der Waals surface area contributed by atoms with E-state index in [0.717, 1.165) is 17.7 Å². The Morgan fingerprint density at radius 1 is 1.32 bits per heavy atom. The highest BCUT2D eigenvalue weighted by molar-refractivity contribution is 6.08. The Morgan fingerprint density at radius 3 is 2.92 bits per heavy atom. The molecule has 0 fully saturated rings. The van der Waals surface area contributed by atoms with Gasteiger partial charge in [-0.1, -0.05) is 30.3 Å². The summed E-state index contributed by atoms with van der Waals surface area (Å²) in [6.45, 7) is 4.36. The van der Waals surface area contributed by atoms with Gasteiger partial charge in [0.1, 0.15) is 11.3 Å². The van der Waals surface area contributed by atoms with Crippen LogP contribution in [0.1, 0.15) is 40.3 Å². The second-order valence-corrected chi connectivity index (χ2v) is 6.31. The highest BCUT2D eigenvalue weighted by atomic mass is 16.5. The highest BCUT2D eigenvalue weighted by Crippen LogP contribution is 2.33. The van der Waals surface area contributed by atoms with Crippen molar-refractivity contribution in [2.45, 2.75) is 32.7 Å². The van der Waals surface area contributed by atoms with E-state index < -0.39 is 0 Å². The van der Waals surface area contributed by atoms with Crippen LogP contribution in [0.4, 0.5) is 5.69 Å². The van der Waals surface area contributed by atoms with Gasteiger partial charge in [-0.15, -0.1) is 0 Å². The van der Waals surface area contributed by atoms with Crippen LogP contribution in [-0.4, -0.2) is 27.4 Å². The molecule has 0 saturated carbocycles. The van der Waals surface area contributed by atoms with Crippen LogP contribution < -0.4 is 4.90 Å². The molecule has 1 aliphatic heterocycles. The molecule has 1 atom stereocenters. The minimum atomic E-state index is -0.0556. The Balaban J connectivity index is 1.77. The first-order valence-electron chi connectivity index (χ1n) is 8.53. The SMILES string of the molecule is CCc1onc(C)c1C(=O)N1C[C@@H](n2cccn2)Cc2ccccc21. The summed E-state index contributed by atoms with van der Waals surface area (Å²) in [5, 5.41) is 8.36. The highest BCUT2D eigenvalue weighted by Gasteiger charge is 2.33. The second-order valence-electron chi connectivity index (χ2n) is 6.31. The first kappa shape index (κ1) is 15.6. The number of hydrogen-bond donors (Lipinski definition) is 0. The third-order valence-corrected chi connectivity index (χ3v) is 4.74. The minimum Gasteiger partial charge on any atom is -0.360 e. The number of benzene rings is 1. The molecular formula is C19H20N4O2. The van der Waals surface area contributed by atoms with Crippen molar-refractivity contribution in [1.82, 2.24) is 14.9 Å². The average molecular weight is 336 g/mol. The van der Waals surface area contributed by atoms with E-state index in [2.05, 4.69) is 16.3 Å². The van der Waals surface area contributed by atoms with E-state index in [1.54, 1.807) is 6.20 Å². The molecule has 6 nitrogen and oxygen atoms in total. The summed E-state index contributed by atoms with van der Waals surface area (Å²) in [7, 11) is 0. The van der Waals surface area contributed by atoms with Gasteiger partial charge in [-0.25, -0.2) is 0 Å². The molecule has 4 rings (SSSR count). The van der Waals surface area contributed by atoms with Crippen LogP contribution in [0, 0.1) is 6.92 Å². The van der Waals surface area contributed by atoms with Crippen LogP contribution in [0.15, 0.2) is 47.2 Å². The summed E-state index contributed by atoms with van der Waals surface area (Å²) in [5.41, 5.74) is 3.33. The molecule has 2 aromatic heterocycles. The zero-order valence-electron chi connectivity index (χ0n) is 14.3. The van der Waals surface area contributed by atoms with Gasteiger partial charge in [-0.05, 0) is 31.0 Å². The molecule has 0 unspecified atom stereocenters. The Labute approximate surface area is 146 Å². The van der Waals surface area contributed by atoms with E-state index >= 15 is 0 Å². The maximum absolute atomic E-state index is 13.3. The molecule has 0 spiro atoms. The number of aryl methyl sites for hydroxylation is 2. The van der Waals surface area contributed by atoms with E-state index in [9.17, 15) is 4.79 Å². The van der Waals surface area contributed by atoms with E-state index in [4.69, 9.17) is 4.52 Å². The molecule has 0 saturated heterocycles. The number of rotatable bonds is 3. The average Bonchev–Trinajstić information content (AvgIpc) is 3.29. The van der Waals surface area contributed by atoms with Gasteiger partial charge in [0.15, 0.2) is 0 Å². The Kier molecular flexibility index (Phi) is 3.87. The minimum absolute atomic E-state index is 0.0556. The van der Waals surface area contributed by atoms with Gasteiger partial charge in [0, 0.05) is 31.0 Å². The number of carbonyl (C=O) groups excluding carboxylic acids is 1. The number of carbonyl (C=O) groups is 1. The molecule has 0 bridgehead atoms. The summed E-state index contributed by atoms with van der Waals surface area (Å²) in [6, 6.07) is 10.1. The third kappa shape index (κ3) is 2.63. The Bertz CT molecular complexity index is 898. The summed E-state index contributed by atoms with van der Waals surface area (Å²) in [5.74, 6) is 0.584. The lowest BCUT2D eigenvalue weighted by Crippen LogP contribution is -2.41. The fourth-order valence-electron chi connectivity index (χ4n) is 3.51. The number of nitrogens with zero attached hydrogens (tertiary/aromatic N) is 4. The van der Waals surface area contributed by atoms with Gasteiger partial charge < -0.3 is 9.42 Å². The number of para-hydroxylation sites is 1. The zero-order chi connectivity index (χ0) is 17.4. The standard InChI is InChI=1S/C19H20N4O2/c1-3-17-18(13(2)21-25-17)19(24)22-12-15(23-10-6-9-20-23)11-14-7-4-5-8-16(14)22/h4-10,15H,3,11-12H2,1-2H3/t15-/m0/s1. The Hall–Kier alpha value is -2.89. The van der Waals surface area contributed by atoms with E-state index in [-0.39, 0.29) is 11.9 Å². The number of anilines is 1. The van der Waals surface area contributed by atoms with Gasteiger partial charge in [0.2, 0.25) is 0 Å². The molecule has 3 heterocycles. The van der Waals surface area contributed by atoms with E-state index in [1.165, 1.54) is 0 Å². The maximum atomic E-state index is 13.3. The van der Waals surface area contributed by atoms with E-state index in [1.807, 2.05) is 53.9 Å². The molecule has 1 aliphatic rings. The monoisotopic (exact) mass is 336 g/mol. The fourth-order valence-corrected chi connectivity index (χ4v) is 3.51. The van der Waals surface area contributed by atoms with Crippen LogP contribution >= 0.6 is 0 Å². The summed E-state index contributed by atoms with van der Waals surface area (Å²) < 4.78 is 7.26. The number of hydrogen-bond acceptors (Lipinski definition) is 4. The Morgan fingerprint density at radius 2 is 2.16 bits per heavy atom. The van der Waals surface area contributed by atoms with E-state index in [0.29, 0.717) is 30.0 Å². The quantitative estimate of drug-likeness (QED) is 0.737. The van der Waals surface area contributed by atoms with Crippen molar-refractivity contribution in [2.24, 2.45) is 0 Å². The maximum Gasteiger partial charge on any atom is 0.263 e. The lowest BCUT2D eigenvalue weighted by Gasteiger charge is -2.34. The third-order valence-electron chi connectivity index (χ3n) is 4.74. The topological polar surface area (TPSA) is 64.2 Å². The van der Waals surface area contributed by atoms with Crippen LogP contribution in [0.3, 0.4) is 0 Å². The van der Waals surface area contributed by atoms with Gasteiger partial charge in [0.05, 0.1) is 11.7 Å². The van der Waals surface area contributed by atoms with Crippen LogP contribution in [0.2, 0.25) is 0 Å². The molecule has 3 aromatic rings. The molecule has 1 aromatic carbocycles. The molecule has 25 heavy (non-hydrogen) atoms. The number of amides is 1. The fraction of sp³-hybridized carbons (Fsp3) is 0.316. The van der Waals surface area contributed by atoms with Crippen LogP contribution in [0.25, 0.3) is 0 Å². The smallest absolute Gasteiger partial charge is 0.263 e. The molecule has 6 heteroatoms. The molecule has 0 N–H and O–H groups in total. The van der Waals surface area contributed by atoms with Crippen molar-refractivity contribution in [3.05, 3.63) is 65.3 Å². The summed E-state index contributed by atoms with van der Waals surface area (Å²) >= 11 is 0. The molecule has 128 valence electrons.